The Morgan fingerprint density at radius 1 is 0.921 bits per heavy atom. The van der Waals surface area contributed by atoms with Gasteiger partial charge in [-0.1, -0.05) is 58.6 Å². The highest BCUT2D eigenvalue weighted by Crippen LogP contribution is 2.27. The Morgan fingerprint density at radius 3 is 2.13 bits per heavy atom. The molecule has 0 aliphatic carbocycles. The number of carbonyl (C=O) groups is 2. The molecule has 0 radical (unpaired) electrons. The summed E-state index contributed by atoms with van der Waals surface area (Å²) in [5, 5.41) is 3.78. The molecule has 7 nitrogen and oxygen atoms in total. The van der Waals surface area contributed by atoms with Crippen LogP contribution < -0.4 is 9.62 Å². The summed E-state index contributed by atoms with van der Waals surface area (Å²) in [7, 11) is -4.15. The lowest BCUT2D eigenvalue weighted by molar-refractivity contribution is -0.139. The van der Waals surface area contributed by atoms with Gasteiger partial charge in [-0.15, -0.1) is 0 Å². The third kappa shape index (κ3) is 7.20. The second-order valence-corrected chi connectivity index (χ2v) is 11.8. The van der Waals surface area contributed by atoms with E-state index in [-0.39, 0.29) is 23.0 Å². The van der Waals surface area contributed by atoms with Crippen molar-refractivity contribution in [3.05, 3.63) is 92.9 Å². The maximum atomic E-state index is 13.8. The Bertz CT molecular complexity index is 1400. The van der Waals surface area contributed by atoms with Gasteiger partial charge in [0, 0.05) is 18.1 Å². The number of halogens is 3. The maximum absolute atomic E-state index is 13.8. The SMILES string of the molecule is CCNC(=O)[C@@H](C)N(Cc1ccc(Cl)c(Cl)c1)C(=O)CN(c1ccc(Cl)cc1)S(=O)(=O)c1ccc(C)cc1. The predicted molar refractivity (Wildman–Crippen MR) is 152 cm³/mol. The zero-order valence-electron chi connectivity index (χ0n) is 21.1. The number of carbonyl (C=O) groups excluding carboxylic acids is 2. The lowest BCUT2D eigenvalue weighted by Gasteiger charge is -2.32. The molecule has 0 bridgehead atoms. The lowest BCUT2D eigenvalue weighted by atomic mass is 10.1. The number of aryl methyl sites for hydroxylation is 1. The van der Waals surface area contributed by atoms with Gasteiger partial charge in [-0.05, 0) is 74.9 Å². The molecular weight excluding hydrogens is 569 g/mol. The fourth-order valence-corrected chi connectivity index (χ4v) is 5.57. The van der Waals surface area contributed by atoms with Crippen LogP contribution in [0.2, 0.25) is 15.1 Å². The Morgan fingerprint density at radius 2 is 1.55 bits per heavy atom. The fraction of sp³-hybridized carbons (Fsp3) is 0.259. The number of hydrogen-bond donors (Lipinski definition) is 1. The van der Waals surface area contributed by atoms with Crippen molar-refractivity contribution >= 4 is 62.3 Å². The average molecular weight is 597 g/mol. The zero-order chi connectivity index (χ0) is 28.0. The van der Waals surface area contributed by atoms with Crippen LogP contribution >= 0.6 is 34.8 Å². The molecule has 38 heavy (non-hydrogen) atoms. The van der Waals surface area contributed by atoms with Crippen LogP contribution in [0.4, 0.5) is 5.69 Å². The van der Waals surface area contributed by atoms with Gasteiger partial charge in [-0.2, -0.15) is 0 Å². The number of likely N-dealkylation sites (N-methyl/N-ethyl adjacent to an activating group) is 1. The Labute approximate surface area is 238 Å². The summed E-state index contributed by atoms with van der Waals surface area (Å²) >= 11 is 18.2. The van der Waals surface area contributed by atoms with Gasteiger partial charge in [-0.3, -0.25) is 13.9 Å². The molecular formula is C27H28Cl3N3O4S. The molecule has 3 rings (SSSR count). The van der Waals surface area contributed by atoms with Crippen LogP contribution in [0, 0.1) is 6.92 Å². The molecule has 0 spiro atoms. The Hall–Kier alpha value is -2.78. The summed E-state index contributed by atoms with van der Waals surface area (Å²) < 4.78 is 28.5. The molecule has 2 amide bonds. The first-order valence-corrected chi connectivity index (χ1v) is 14.4. The lowest BCUT2D eigenvalue weighted by Crippen LogP contribution is -2.51. The van der Waals surface area contributed by atoms with E-state index in [2.05, 4.69) is 5.32 Å². The highest BCUT2D eigenvalue weighted by Gasteiger charge is 2.32. The molecule has 0 saturated heterocycles. The van der Waals surface area contributed by atoms with Gasteiger partial charge in [0.25, 0.3) is 10.0 Å². The quantitative estimate of drug-likeness (QED) is 0.325. The summed E-state index contributed by atoms with van der Waals surface area (Å²) in [6.45, 7) is 5.03. The Kier molecular flexibility index (Phi) is 10.1. The number of sulfonamides is 1. The first-order valence-electron chi connectivity index (χ1n) is 11.8. The summed E-state index contributed by atoms with van der Waals surface area (Å²) in [4.78, 5) is 27.9. The third-order valence-corrected chi connectivity index (χ3v) is 8.64. The van der Waals surface area contributed by atoms with Gasteiger partial charge in [-0.25, -0.2) is 8.42 Å². The van der Waals surface area contributed by atoms with E-state index in [0.29, 0.717) is 27.2 Å². The van der Waals surface area contributed by atoms with Crippen LogP contribution in [-0.2, 0) is 26.2 Å². The minimum Gasteiger partial charge on any atom is -0.355 e. The van der Waals surface area contributed by atoms with E-state index < -0.39 is 28.5 Å². The molecule has 0 saturated carbocycles. The molecule has 202 valence electrons. The Balaban J connectivity index is 2.03. The maximum Gasteiger partial charge on any atom is 0.264 e. The van der Waals surface area contributed by atoms with Crippen molar-refractivity contribution < 1.29 is 18.0 Å². The highest BCUT2D eigenvalue weighted by atomic mass is 35.5. The minimum absolute atomic E-state index is 0.00700. The molecule has 0 heterocycles. The number of nitrogens with one attached hydrogen (secondary N) is 1. The van der Waals surface area contributed by atoms with Crippen molar-refractivity contribution in [3.8, 4) is 0 Å². The first-order chi connectivity index (χ1) is 17.9. The van der Waals surface area contributed by atoms with Crippen LogP contribution in [-0.4, -0.2) is 44.3 Å². The number of anilines is 1. The third-order valence-electron chi connectivity index (χ3n) is 5.86. The largest absolute Gasteiger partial charge is 0.355 e. The van der Waals surface area contributed by atoms with Gasteiger partial charge < -0.3 is 10.2 Å². The van der Waals surface area contributed by atoms with Gasteiger partial charge in [0.1, 0.15) is 12.6 Å². The molecule has 1 atom stereocenters. The minimum atomic E-state index is -4.15. The van der Waals surface area contributed by atoms with E-state index in [0.717, 1.165) is 9.87 Å². The summed E-state index contributed by atoms with van der Waals surface area (Å²) in [6.07, 6.45) is 0. The summed E-state index contributed by atoms with van der Waals surface area (Å²) in [5.74, 6) is -0.958. The van der Waals surface area contributed by atoms with Crippen molar-refractivity contribution in [1.82, 2.24) is 10.2 Å². The monoisotopic (exact) mass is 595 g/mol. The van der Waals surface area contributed by atoms with E-state index in [1.165, 1.54) is 29.2 Å². The molecule has 0 aliphatic heterocycles. The zero-order valence-corrected chi connectivity index (χ0v) is 24.2. The van der Waals surface area contributed by atoms with Crippen molar-refractivity contribution in [1.29, 1.82) is 0 Å². The normalized spacial score (nSPS) is 12.1. The van der Waals surface area contributed by atoms with E-state index in [9.17, 15) is 18.0 Å². The molecule has 1 N–H and O–H groups in total. The van der Waals surface area contributed by atoms with Gasteiger partial charge in [0.15, 0.2) is 0 Å². The van der Waals surface area contributed by atoms with E-state index in [4.69, 9.17) is 34.8 Å². The van der Waals surface area contributed by atoms with E-state index in [1.54, 1.807) is 56.3 Å². The van der Waals surface area contributed by atoms with Crippen molar-refractivity contribution in [2.45, 2.75) is 38.3 Å². The van der Waals surface area contributed by atoms with Crippen LogP contribution in [0.3, 0.4) is 0 Å². The van der Waals surface area contributed by atoms with Crippen LogP contribution in [0.5, 0.6) is 0 Å². The standard InChI is InChI=1S/C27H28Cl3N3O4S/c1-4-31-27(35)19(3)32(16-20-7-14-24(29)25(30)15-20)26(34)17-33(22-10-8-21(28)9-11-22)38(36,37)23-12-5-18(2)6-13-23/h5-15,19H,4,16-17H2,1-3H3,(H,31,35)/t19-/m1/s1. The van der Waals surface area contributed by atoms with Crippen LogP contribution in [0.15, 0.2) is 71.6 Å². The van der Waals surface area contributed by atoms with Crippen molar-refractivity contribution in [3.63, 3.8) is 0 Å². The number of amides is 2. The van der Waals surface area contributed by atoms with Crippen molar-refractivity contribution in [2.75, 3.05) is 17.4 Å². The second kappa shape index (κ2) is 12.8. The van der Waals surface area contributed by atoms with Crippen molar-refractivity contribution in [2.24, 2.45) is 0 Å². The van der Waals surface area contributed by atoms with E-state index >= 15 is 0 Å². The first kappa shape index (κ1) is 29.8. The highest BCUT2D eigenvalue weighted by molar-refractivity contribution is 7.92. The number of benzene rings is 3. The number of rotatable bonds is 10. The topological polar surface area (TPSA) is 86.8 Å². The average Bonchev–Trinajstić information content (AvgIpc) is 2.88. The predicted octanol–water partition coefficient (Wildman–Crippen LogP) is 5.70. The van der Waals surface area contributed by atoms with Gasteiger partial charge in [0.2, 0.25) is 11.8 Å². The number of hydrogen-bond acceptors (Lipinski definition) is 4. The molecule has 0 unspecified atom stereocenters. The van der Waals surface area contributed by atoms with Crippen LogP contribution in [0.1, 0.15) is 25.0 Å². The smallest absolute Gasteiger partial charge is 0.264 e. The molecule has 3 aromatic rings. The molecule has 0 fully saturated rings. The molecule has 0 aliphatic rings. The summed E-state index contributed by atoms with van der Waals surface area (Å²) in [5.41, 5.74) is 1.77. The second-order valence-electron chi connectivity index (χ2n) is 8.64. The summed E-state index contributed by atoms with van der Waals surface area (Å²) in [6, 6.07) is 16.5. The number of nitrogens with zero attached hydrogens (tertiary/aromatic N) is 2. The molecule has 11 heteroatoms. The van der Waals surface area contributed by atoms with Gasteiger partial charge in [0.05, 0.1) is 20.6 Å². The molecule has 3 aromatic carbocycles. The van der Waals surface area contributed by atoms with E-state index in [1.807, 2.05) is 6.92 Å². The fourth-order valence-electron chi connectivity index (χ4n) is 3.71. The van der Waals surface area contributed by atoms with Gasteiger partial charge >= 0.3 is 0 Å². The molecule has 0 aromatic heterocycles. The van der Waals surface area contributed by atoms with Crippen LogP contribution in [0.25, 0.3) is 0 Å².